The summed E-state index contributed by atoms with van der Waals surface area (Å²) in [5, 5.41) is 12.1. The van der Waals surface area contributed by atoms with Crippen LogP contribution in [0.15, 0.2) is 0 Å². The van der Waals surface area contributed by atoms with Gasteiger partial charge in [0.15, 0.2) is 0 Å². The predicted octanol–water partition coefficient (Wildman–Crippen LogP) is 0.000800. The molecule has 1 fully saturated rings. The lowest BCUT2D eigenvalue weighted by atomic mass is 9.92. The summed E-state index contributed by atoms with van der Waals surface area (Å²) >= 11 is 0. The van der Waals surface area contributed by atoms with Gasteiger partial charge < -0.3 is 10.4 Å². The van der Waals surface area contributed by atoms with Crippen LogP contribution in [0.5, 0.6) is 0 Å². The molecule has 0 saturated carbocycles. The lowest BCUT2D eigenvalue weighted by Crippen LogP contribution is -2.58. The minimum absolute atomic E-state index is 0.513. The first-order chi connectivity index (χ1) is 5.93. The lowest BCUT2D eigenvalue weighted by molar-refractivity contribution is -0.148. The van der Waals surface area contributed by atoms with E-state index < -0.39 is 11.4 Å². The van der Waals surface area contributed by atoms with E-state index in [4.69, 9.17) is 5.11 Å². The van der Waals surface area contributed by atoms with Crippen molar-refractivity contribution in [1.82, 2.24) is 10.2 Å². The third kappa shape index (κ3) is 2.42. The molecule has 1 aliphatic rings. The summed E-state index contributed by atoms with van der Waals surface area (Å²) in [5.74, 6) is -0.730. The van der Waals surface area contributed by atoms with Crippen molar-refractivity contribution in [3.63, 3.8) is 0 Å². The van der Waals surface area contributed by atoms with Gasteiger partial charge in [0.25, 0.3) is 0 Å². The molecule has 0 amide bonds. The Bertz CT molecular complexity index is 200. The van der Waals surface area contributed by atoms with Crippen LogP contribution in [0.25, 0.3) is 0 Å². The van der Waals surface area contributed by atoms with Crippen LogP contribution in [0.3, 0.4) is 0 Å². The first-order valence-electron chi connectivity index (χ1n) is 4.58. The summed E-state index contributed by atoms with van der Waals surface area (Å²) in [6.07, 6.45) is 0. The highest BCUT2D eigenvalue weighted by Crippen LogP contribution is 2.18. The van der Waals surface area contributed by atoms with Crippen molar-refractivity contribution < 1.29 is 9.90 Å². The van der Waals surface area contributed by atoms with E-state index in [1.165, 1.54) is 0 Å². The van der Waals surface area contributed by atoms with Crippen LogP contribution in [0.4, 0.5) is 0 Å². The minimum Gasteiger partial charge on any atom is -0.481 e. The Hall–Kier alpha value is -0.610. The molecule has 0 atom stereocenters. The Morgan fingerprint density at radius 1 is 1.62 bits per heavy atom. The number of carboxylic acid groups (broad SMARTS) is 1. The van der Waals surface area contributed by atoms with Gasteiger partial charge in [-0.05, 0) is 20.9 Å². The third-order valence-corrected chi connectivity index (χ3v) is 2.61. The van der Waals surface area contributed by atoms with Gasteiger partial charge in [-0.25, -0.2) is 0 Å². The lowest BCUT2D eigenvalue weighted by Gasteiger charge is -2.38. The third-order valence-electron chi connectivity index (χ3n) is 2.61. The SMILES string of the molecule is CN(CC(C)(C)C(=O)O)C1CNC1. The molecular weight excluding hydrogens is 168 g/mol. The highest BCUT2D eigenvalue weighted by molar-refractivity contribution is 5.73. The summed E-state index contributed by atoms with van der Waals surface area (Å²) in [6.45, 7) is 6.09. The Morgan fingerprint density at radius 3 is 2.46 bits per heavy atom. The molecule has 1 aliphatic heterocycles. The topological polar surface area (TPSA) is 52.6 Å². The van der Waals surface area contributed by atoms with Gasteiger partial charge in [0.2, 0.25) is 0 Å². The van der Waals surface area contributed by atoms with E-state index in [1.54, 1.807) is 13.8 Å². The van der Waals surface area contributed by atoms with Crippen molar-refractivity contribution in [2.75, 3.05) is 26.7 Å². The number of rotatable bonds is 4. The zero-order valence-electron chi connectivity index (χ0n) is 8.50. The fourth-order valence-electron chi connectivity index (χ4n) is 1.41. The molecule has 76 valence electrons. The molecule has 0 unspecified atom stereocenters. The number of hydrogen-bond acceptors (Lipinski definition) is 3. The first kappa shape index (κ1) is 10.5. The Labute approximate surface area is 78.9 Å². The second-order valence-corrected chi connectivity index (χ2v) is 4.42. The van der Waals surface area contributed by atoms with E-state index in [9.17, 15) is 4.79 Å². The van der Waals surface area contributed by atoms with E-state index >= 15 is 0 Å². The van der Waals surface area contributed by atoms with Crippen molar-refractivity contribution in [3.05, 3.63) is 0 Å². The van der Waals surface area contributed by atoms with Crippen LogP contribution in [-0.4, -0.2) is 48.7 Å². The molecule has 0 radical (unpaired) electrons. The van der Waals surface area contributed by atoms with Crippen molar-refractivity contribution in [2.24, 2.45) is 5.41 Å². The number of hydrogen-bond donors (Lipinski definition) is 2. The van der Waals surface area contributed by atoms with E-state index in [0.29, 0.717) is 12.6 Å². The predicted molar refractivity (Wildman–Crippen MR) is 50.7 cm³/mol. The van der Waals surface area contributed by atoms with Gasteiger partial charge in [0.1, 0.15) is 0 Å². The van der Waals surface area contributed by atoms with Gasteiger partial charge in [-0.2, -0.15) is 0 Å². The maximum Gasteiger partial charge on any atom is 0.310 e. The van der Waals surface area contributed by atoms with Crippen LogP contribution in [0.2, 0.25) is 0 Å². The Kier molecular flexibility index (Phi) is 2.93. The highest BCUT2D eigenvalue weighted by Gasteiger charge is 2.32. The molecule has 4 nitrogen and oxygen atoms in total. The zero-order chi connectivity index (χ0) is 10.1. The van der Waals surface area contributed by atoms with Gasteiger partial charge in [-0.15, -0.1) is 0 Å². The average Bonchev–Trinajstić information content (AvgIpc) is 1.80. The molecule has 1 saturated heterocycles. The van der Waals surface area contributed by atoms with E-state index in [0.717, 1.165) is 13.1 Å². The molecule has 0 aromatic heterocycles. The molecule has 13 heavy (non-hydrogen) atoms. The second-order valence-electron chi connectivity index (χ2n) is 4.42. The molecule has 0 spiro atoms. The number of nitrogens with zero attached hydrogens (tertiary/aromatic N) is 1. The molecule has 0 bridgehead atoms. The van der Waals surface area contributed by atoms with Crippen LogP contribution in [0, 0.1) is 5.41 Å². The fourth-order valence-corrected chi connectivity index (χ4v) is 1.41. The normalized spacial score (nSPS) is 18.8. The first-order valence-corrected chi connectivity index (χ1v) is 4.58. The van der Waals surface area contributed by atoms with E-state index in [2.05, 4.69) is 10.2 Å². The monoisotopic (exact) mass is 186 g/mol. The summed E-state index contributed by atoms with van der Waals surface area (Å²) in [5.41, 5.74) is -0.648. The van der Waals surface area contributed by atoms with Crippen molar-refractivity contribution in [2.45, 2.75) is 19.9 Å². The highest BCUT2D eigenvalue weighted by atomic mass is 16.4. The van der Waals surface area contributed by atoms with Crippen LogP contribution >= 0.6 is 0 Å². The number of carbonyl (C=O) groups is 1. The maximum atomic E-state index is 10.8. The van der Waals surface area contributed by atoms with Gasteiger partial charge >= 0.3 is 5.97 Å². The zero-order valence-corrected chi connectivity index (χ0v) is 8.50. The average molecular weight is 186 g/mol. The summed E-state index contributed by atoms with van der Waals surface area (Å²) in [6, 6.07) is 0.513. The van der Waals surface area contributed by atoms with Crippen LogP contribution < -0.4 is 5.32 Å². The quantitative estimate of drug-likeness (QED) is 0.649. The van der Waals surface area contributed by atoms with Crippen molar-refractivity contribution in [3.8, 4) is 0 Å². The van der Waals surface area contributed by atoms with Crippen LogP contribution in [-0.2, 0) is 4.79 Å². The van der Waals surface area contributed by atoms with Crippen LogP contribution in [0.1, 0.15) is 13.8 Å². The Balaban J connectivity index is 2.41. The second kappa shape index (κ2) is 3.64. The van der Waals surface area contributed by atoms with Gasteiger partial charge in [0.05, 0.1) is 5.41 Å². The molecule has 0 aromatic carbocycles. The number of carboxylic acids is 1. The van der Waals surface area contributed by atoms with Gasteiger partial charge in [0, 0.05) is 25.7 Å². The van der Waals surface area contributed by atoms with Crippen molar-refractivity contribution in [1.29, 1.82) is 0 Å². The molecule has 1 heterocycles. The fraction of sp³-hybridized carbons (Fsp3) is 0.889. The Morgan fingerprint density at radius 2 is 2.15 bits per heavy atom. The van der Waals surface area contributed by atoms with Gasteiger partial charge in [-0.3, -0.25) is 9.69 Å². The van der Waals surface area contributed by atoms with Gasteiger partial charge in [-0.1, -0.05) is 0 Å². The number of likely N-dealkylation sites (N-methyl/N-ethyl adjacent to an activating group) is 1. The van der Waals surface area contributed by atoms with E-state index in [1.807, 2.05) is 7.05 Å². The molecule has 2 N–H and O–H groups in total. The summed E-state index contributed by atoms with van der Waals surface area (Å²) < 4.78 is 0. The molecule has 0 aromatic rings. The smallest absolute Gasteiger partial charge is 0.310 e. The number of nitrogens with one attached hydrogen (secondary N) is 1. The summed E-state index contributed by atoms with van der Waals surface area (Å²) in [4.78, 5) is 13.0. The minimum atomic E-state index is -0.730. The maximum absolute atomic E-state index is 10.8. The number of aliphatic carboxylic acids is 1. The summed E-state index contributed by atoms with van der Waals surface area (Å²) in [7, 11) is 1.98. The molecule has 1 rings (SSSR count). The molecule has 4 heteroatoms. The standard InChI is InChI=1S/C9H18N2O2/c1-9(2,8(12)13)6-11(3)7-4-10-5-7/h7,10H,4-6H2,1-3H3,(H,12,13). The van der Waals surface area contributed by atoms with Crippen molar-refractivity contribution >= 4 is 5.97 Å². The molecular formula is C9H18N2O2. The largest absolute Gasteiger partial charge is 0.481 e. The molecule has 0 aliphatic carbocycles. The van der Waals surface area contributed by atoms with E-state index in [-0.39, 0.29) is 0 Å².